The topological polar surface area (TPSA) is 29.3 Å². The van der Waals surface area contributed by atoms with Gasteiger partial charge in [0.15, 0.2) is 0 Å². The summed E-state index contributed by atoms with van der Waals surface area (Å²) < 4.78 is 0. The molecular weight excluding hydrogens is 172 g/mol. The Hall–Kier alpha value is -0.0800. The first-order valence-corrected chi connectivity index (χ1v) is 5.91. The van der Waals surface area contributed by atoms with Crippen molar-refractivity contribution in [2.24, 2.45) is 17.1 Å². The van der Waals surface area contributed by atoms with Gasteiger partial charge in [-0.2, -0.15) is 0 Å². The molecule has 84 valence electrons. The zero-order valence-corrected chi connectivity index (χ0v) is 10.2. The monoisotopic (exact) mass is 198 g/mol. The molecule has 2 unspecified atom stereocenters. The zero-order valence-electron chi connectivity index (χ0n) is 10.2. The highest BCUT2D eigenvalue weighted by Crippen LogP contribution is 2.24. The summed E-state index contributed by atoms with van der Waals surface area (Å²) >= 11 is 0. The third-order valence-electron chi connectivity index (χ3n) is 3.38. The molecule has 0 saturated carbocycles. The number of nitrogens with two attached hydrogens (primary N) is 1. The van der Waals surface area contributed by atoms with Crippen molar-refractivity contribution >= 4 is 0 Å². The van der Waals surface area contributed by atoms with Gasteiger partial charge in [-0.1, -0.05) is 27.7 Å². The summed E-state index contributed by atoms with van der Waals surface area (Å²) in [4.78, 5) is 2.54. The van der Waals surface area contributed by atoms with Crippen LogP contribution in [0.2, 0.25) is 0 Å². The van der Waals surface area contributed by atoms with Crippen molar-refractivity contribution in [3.63, 3.8) is 0 Å². The van der Waals surface area contributed by atoms with Gasteiger partial charge < -0.3 is 10.6 Å². The first-order chi connectivity index (χ1) is 6.43. The molecule has 0 aliphatic carbocycles. The predicted octanol–water partition coefficient (Wildman–Crippen LogP) is 2.09. The highest BCUT2D eigenvalue weighted by molar-refractivity contribution is 4.82. The van der Waals surface area contributed by atoms with E-state index in [1.807, 2.05) is 0 Å². The lowest BCUT2D eigenvalue weighted by molar-refractivity contribution is 0.112. The molecule has 1 fully saturated rings. The molecule has 0 amide bonds. The van der Waals surface area contributed by atoms with Crippen molar-refractivity contribution in [1.29, 1.82) is 0 Å². The minimum Gasteiger partial charge on any atom is -0.327 e. The van der Waals surface area contributed by atoms with Crippen LogP contribution in [0.15, 0.2) is 0 Å². The third kappa shape index (κ3) is 3.58. The second kappa shape index (κ2) is 4.63. The molecule has 1 aliphatic rings. The average molecular weight is 198 g/mol. The number of nitrogens with zero attached hydrogens (tertiary/aromatic N) is 1. The van der Waals surface area contributed by atoms with Gasteiger partial charge >= 0.3 is 0 Å². The Kier molecular flexibility index (Phi) is 3.96. The summed E-state index contributed by atoms with van der Waals surface area (Å²) in [6.45, 7) is 12.8. The number of rotatable bonds is 3. The summed E-state index contributed by atoms with van der Waals surface area (Å²) in [5, 5.41) is 0. The van der Waals surface area contributed by atoms with Crippen molar-refractivity contribution < 1.29 is 0 Å². The standard InChI is InChI=1S/C12H26N2/c1-5-12(3,4)9-14-7-10(2)6-11(13)8-14/h10-11H,5-9,13H2,1-4H3. The Bertz CT molecular complexity index is 167. The molecule has 1 saturated heterocycles. The summed E-state index contributed by atoms with van der Waals surface area (Å²) in [6, 6.07) is 0.395. The maximum absolute atomic E-state index is 6.03. The molecule has 0 bridgehead atoms. The molecule has 0 aromatic carbocycles. The number of hydrogen-bond acceptors (Lipinski definition) is 2. The van der Waals surface area contributed by atoms with Crippen LogP contribution in [0, 0.1) is 11.3 Å². The first-order valence-electron chi connectivity index (χ1n) is 5.91. The van der Waals surface area contributed by atoms with Crippen molar-refractivity contribution in [3.05, 3.63) is 0 Å². The highest BCUT2D eigenvalue weighted by Gasteiger charge is 2.26. The summed E-state index contributed by atoms with van der Waals surface area (Å²) in [7, 11) is 0. The SMILES string of the molecule is CCC(C)(C)CN1CC(C)CC(N)C1. The minimum atomic E-state index is 0.395. The van der Waals surface area contributed by atoms with E-state index in [2.05, 4.69) is 32.6 Å². The molecule has 0 aromatic heterocycles. The smallest absolute Gasteiger partial charge is 0.0170 e. The van der Waals surface area contributed by atoms with E-state index in [-0.39, 0.29) is 0 Å². The van der Waals surface area contributed by atoms with Crippen LogP contribution in [-0.4, -0.2) is 30.6 Å². The summed E-state index contributed by atoms with van der Waals surface area (Å²) in [6.07, 6.45) is 2.44. The summed E-state index contributed by atoms with van der Waals surface area (Å²) in [5.74, 6) is 0.770. The normalized spacial score (nSPS) is 30.6. The van der Waals surface area contributed by atoms with E-state index < -0.39 is 0 Å². The largest absolute Gasteiger partial charge is 0.327 e. The lowest BCUT2D eigenvalue weighted by Gasteiger charge is -2.39. The average Bonchev–Trinajstić information content (AvgIpc) is 2.01. The lowest BCUT2D eigenvalue weighted by atomic mass is 9.87. The van der Waals surface area contributed by atoms with Crippen LogP contribution in [0.5, 0.6) is 0 Å². The molecule has 0 aromatic rings. The van der Waals surface area contributed by atoms with Gasteiger partial charge in [0.1, 0.15) is 0 Å². The van der Waals surface area contributed by atoms with Gasteiger partial charge in [-0.05, 0) is 24.2 Å². The Morgan fingerprint density at radius 3 is 2.50 bits per heavy atom. The van der Waals surface area contributed by atoms with Crippen LogP contribution in [0.3, 0.4) is 0 Å². The van der Waals surface area contributed by atoms with Crippen molar-refractivity contribution in [2.75, 3.05) is 19.6 Å². The van der Waals surface area contributed by atoms with E-state index in [9.17, 15) is 0 Å². The maximum atomic E-state index is 6.03. The quantitative estimate of drug-likeness (QED) is 0.752. The van der Waals surface area contributed by atoms with E-state index >= 15 is 0 Å². The van der Waals surface area contributed by atoms with Gasteiger partial charge in [0.2, 0.25) is 0 Å². The van der Waals surface area contributed by atoms with Gasteiger partial charge in [0.05, 0.1) is 0 Å². The first kappa shape index (κ1) is 12.0. The molecule has 0 spiro atoms. The molecular formula is C12H26N2. The molecule has 2 N–H and O–H groups in total. The molecule has 1 aliphatic heterocycles. The zero-order chi connectivity index (χ0) is 10.8. The van der Waals surface area contributed by atoms with E-state index in [4.69, 9.17) is 5.73 Å². The molecule has 0 radical (unpaired) electrons. The van der Waals surface area contributed by atoms with Gasteiger partial charge in [0, 0.05) is 25.7 Å². The molecule has 2 heteroatoms. The lowest BCUT2D eigenvalue weighted by Crippen LogP contribution is -2.49. The third-order valence-corrected chi connectivity index (χ3v) is 3.38. The van der Waals surface area contributed by atoms with Gasteiger partial charge in [-0.25, -0.2) is 0 Å². The van der Waals surface area contributed by atoms with Crippen LogP contribution in [0.1, 0.15) is 40.5 Å². The number of piperidine rings is 1. The molecule has 2 atom stereocenters. The Balaban J connectivity index is 2.44. The summed E-state index contributed by atoms with van der Waals surface area (Å²) in [5.41, 5.74) is 6.48. The van der Waals surface area contributed by atoms with Crippen LogP contribution in [0.25, 0.3) is 0 Å². The van der Waals surface area contributed by atoms with E-state index in [1.54, 1.807) is 0 Å². The van der Waals surface area contributed by atoms with Crippen molar-refractivity contribution in [2.45, 2.75) is 46.6 Å². The van der Waals surface area contributed by atoms with Crippen LogP contribution in [0.4, 0.5) is 0 Å². The molecule has 14 heavy (non-hydrogen) atoms. The Labute approximate surface area is 88.8 Å². The predicted molar refractivity (Wildman–Crippen MR) is 62.3 cm³/mol. The van der Waals surface area contributed by atoms with Crippen molar-refractivity contribution in [3.8, 4) is 0 Å². The van der Waals surface area contributed by atoms with Gasteiger partial charge in [-0.3, -0.25) is 0 Å². The fourth-order valence-corrected chi connectivity index (χ4v) is 2.36. The minimum absolute atomic E-state index is 0.395. The van der Waals surface area contributed by atoms with Crippen LogP contribution in [-0.2, 0) is 0 Å². The molecule has 1 rings (SSSR count). The van der Waals surface area contributed by atoms with Gasteiger partial charge in [-0.15, -0.1) is 0 Å². The maximum Gasteiger partial charge on any atom is 0.0170 e. The Morgan fingerprint density at radius 1 is 1.36 bits per heavy atom. The van der Waals surface area contributed by atoms with E-state index in [1.165, 1.54) is 25.9 Å². The van der Waals surface area contributed by atoms with Crippen molar-refractivity contribution in [1.82, 2.24) is 4.90 Å². The molecule has 1 heterocycles. The number of likely N-dealkylation sites (tertiary alicyclic amines) is 1. The Morgan fingerprint density at radius 2 is 2.00 bits per heavy atom. The second-order valence-corrected chi connectivity index (χ2v) is 5.81. The van der Waals surface area contributed by atoms with Crippen LogP contribution < -0.4 is 5.73 Å². The fraction of sp³-hybridized carbons (Fsp3) is 1.00. The van der Waals surface area contributed by atoms with E-state index in [0.29, 0.717) is 11.5 Å². The molecule has 2 nitrogen and oxygen atoms in total. The number of hydrogen-bond donors (Lipinski definition) is 1. The van der Waals surface area contributed by atoms with Crippen LogP contribution >= 0.6 is 0 Å². The fourth-order valence-electron chi connectivity index (χ4n) is 2.36. The van der Waals surface area contributed by atoms with Gasteiger partial charge in [0.25, 0.3) is 0 Å². The van der Waals surface area contributed by atoms with E-state index in [0.717, 1.165) is 12.5 Å². The highest BCUT2D eigenvalue weighted by atomic mass is 15.2. The second-order valence-electron chi connectivity index (χ2n) is 5.81.